The molecule has 0 saturated heterocycles. The van der Waals surface area contributed by atoms with Gasteiger partial charge in [-0.1, -0.05) is 31.5 Å². The van der Waals surface area contributed by atoms with Gasteiger partial charge in [0, 0.05) is 28.0 Å². The van der Waals surface area contributed by atoms with Gasteiger partial charge >= 0.3 is 0 Å². The number of hydrazone groups is 1. The molecule has 1 amide bonds. The van der Waals surface area contributed by atoms with Crippen LogP contribution in [0.1, 0.15) is 49.2 Å². The molecule has 166 valence electrons. The number of hydrogen-bond donors (Lipinski definition) is 1. The third kappa shape index (κ3) is 3.84. The Morgan fingerprint density at radius 3 is 2.59 bits per heavy atom. The first-order valence-corrected chi connectivity index (χ1v) is 11.9. The summed E-state index contributed by atoms with van der Waals surface area (Å²) in [6.07, 6.45) is 3.67. The molecule has 0 spiro atoms. The van der Waals surface area contributed by atoms with Crippen LogP contribution in [0.2, 0.25) is 5.02 Å². The van der Waals surface area contributed by atoms with Gasteiger partial charge in [0.2, 0.25) is 5.17 Å². The molecule has 0 radical (unpaired) electrons. The van der Waals surface area contributed by atoms with Gasteiger partial charge in [0.1, 0.15) is 5.04 Å². The lowest BCUT2D eigenvalue weighted by Crippen LogP contribution is -2.35. The van der Waals surface area contributed by atoms with Crippen molar-refractivity contribution in [3.63, 3.8) is 0 Å². The van der Waals surface area contributed by atoms with E-state index in [9.17, 15) is 4.79 Å². The van der Waals surface area contributed by atoms with E-state index in [1.54, 1.807) is 6.08 Å². The van der Waals surface area contributed by atoms with Crippen molar-refractivity contribution in [1.82, 2.24) is 9.58 Å². The molecular formula is C24H26ClN5OS. The smallest absolute Gasteiger partial charge is 0.283 e. The van der Waals surface area contributed by atoms with Crippen LogP contribution in [0.15, 0.2) is 39.9 Å². The molecule has 6 nitrogen and oxygen atoms in total. The molecule has 2 aromatic rings. The molecule has 0 atom stereocenters. The molecule has 3 heterocycles. The molecule has 0 fully saturated rings. The first-order chi connectivity index (χ1) is 15.2. The molecule has 0 saturated carbocycles. The number of hydrogen-bond acceptors (Lipinski definition) is 4. The molecular weight excluding hydrogens is 442 g/mol. The zero-order chi connectivity index (χ0) is 23.2. The van der Waals surface area contributed by atoms with Crippen LogP contribution < -0.4 is 0 Å². The summed E-state index contributed by atoms with van der Waals surface area (Å²) >= 11 is 7.64. The number of nitrogens with one attached hydrogen (secondary N) is 1. The molecule has 4 rings (SSSR count). The van der Waals surface area contributed by atoms with Crippen LogP contribution >= 0.6 is 23.4 Å². The molecule has 0 aliphatic carbocycles. The van der Waals surface area contributed by atoms with Gasteiger partial charge in [-0.2, -0.15) is 15.1 Å². The van der Waals surface area contributed by atoms with E-state index in [-0.39, 0.29) is 11.4 Å². The lowest BCUT2D eigenvalue weighted by atomic mass is 10.1. The number of nitrogens with zero attached hydrogens (tertiary/aromatic N) is 4. The predicted octanol–water partition coefficient (Wildman–Crippen LogP) is 6.11. The quantitative estimate of drug-likeness (QED) is 0.539. The summed E-state index contributed by atoms with van der Waals surface area (Å²) in [6, 6.07) is 7.82. The van der Waals surface area contributed by atoms with E-state index in [2.05, 4.69) is 28.5 Å². The summed E-state index contributed by atoms with van der Waals surface area (Å²) in [6.45, 7) is 10.3. The summed E-state index contributed by atoms with van der Waals surface area (Å²) in [5.74, 6) is -0.0285. The van der Waals surface area contributed by atoms with Crippen molar-refractivity contribution >= 4 is 51.4 Å². The Bertz CT molecular complexity index is 1220. The zero-order valence-corrected chi connectivity index (χ0v) is 20.4. The van der Waals surface area contributed by atoms with Crippen LogP contribution in [0.5, 0.6) is 0 Å². The van der Waals surface area contributed by atoms with Gasteiger partial charge in [-0.3, -0.25) is 10.2 Å². The molecule has 0 bridgehead atoms. The number of thioether (sulfide) groups is 1. The van der Waals surface area contributed by atoms with Crippen molar-refractivity contribution in [1.29, 1.82) is 5.41 Å². The number of aliphatic imine (C=N–C) groups is 1. The minimum absolute atomic E-state index is 0.0668. The van der Waals surface area contributed by atoms with Crippen molar-refractivity contribution in [3.05, 3.63) is 57.4 Å². The molecule has 2 aliphatic rings. The van der Waals surface area contributed by atoms with Crippen LogP contribution in [0.3, 0.4) is 0 Å². The maximum Gasteiger partial charge on any atom is 0.283 e. The fraction of sp³-hybridized carbons (Fsp3) is 0.333. The third-order valence-corrected chi connectivity index (χ3v) is 7.29. The Morgan fingerprint density at radius 1 is 1.19 bits per heavy atom. The van der Waals surface area contributed by atoms with Crippen LogP contribution in [0, 0.1) is 32.1 Å². The Balaban J connectivity index is 1.74. The lowest BCUT2D eigenvalue weighted by molar-refractivity contribution is -0.114. The first-order valence-electron chi connectivity index (χ1n) is 10.7. The highest BCUT2D eigenvalue weighted by molar-refractivity contribution is 8.27. The molecule has 2 aliphatic heterocycles. The predicted molar refractivity (Wildman–Crippen MR) is 134 cm³/mol. The maximum absolute atomic E-state index is 12.8. The summed E-state index contributed by atoms with van der Waals surface area (Å²) < 4.78 is 2.12. The van der Waals surface area contributed by atoms with Crippen LogP contribution in [0.4, 0.5) is 0 Å². The number of fused-ring (bicyclic) bond motifs is 1. The Labute approximate surface area is 197 Å². The second-order valence-corrected chi connectivity index (χ2v) is 9.49. The van der Waals surface area contributed by atoms with E-state index in [4.69, 9.17) is 17.0 Å². The average Bonchev–Trinajstić information content (AvgIpc) is 3.29. The number of aryl methyl sites for hydroxylation is 2. The van der Waals surface area contributed by atoms with E-state index < -0.39 is 5.91 Å². The van der Waals surface area contributed by atoms with E-state index >= 15 is 0 Å². The number of aromatic nitrogens is 1. The third-order valence-electron chi connectivity index (χ3n) is 5.99. The van der Waals surface area contributed by atoms with Gasteiger partial charge in [0.25, 0.3) is 5.91 Å². The number of amides is 1. The van der Waals surface area contributed by atoms with Crippen molar-refractivity contribution in [2.24, 2.45) is 16.0 Å². The Morgan fingerprint density at radius 2 is 1.91 bits per heavy atom. The number of benzene rings is 1. The van der Waals surface area contributed by atoms with Gasteiger partial charge < -0.3 is 4.57 Å². The van der Waals surface area contributed by atoms with Gasteiger partial charge in [0.15, 0.2) is 5.84 Å². The van der Waals surface area contributed by atoms with Gasteiger partial charge in [-0.15, -0.1) is 0 Å². The van der Waals surface area contributed by atoms with Crippen LogP contribution in [-0.2, 0) is 4.79 Å². The zero-order valence-electron chi connectivity index (χ0n) is 18.9. The van der Waals surface area contributed by atoms with Crippen LogP contribution in [-0.4, -0.2) is 31.5 Å². The molecule has 1 aromatic heterocycles. The van der Waals surface area contributed by atoms with Crippen molar-refractivity contribution < 1.29 is 4.79 Å². The van der Waals surface area contributed by atoms with Crippen LogP contribution in [0.25, 0.3) is 11.8 Å². The molecule has 1 N–H and O–H groups in total. The molecule has 0 unspecified atom stereocenters. The highest BCUT2D eigenvalue weighted by Crippen LogP contribution is 2.33. The fourth-order valence-electron chi connectivity index (χ4n) is 4.09. The average molecular weight is 468 g/mol. The van der Waals surface area contributed by atoms with E-state index in [1.165, 1.54) is 16.8 Å². The largest absolute Gasteiger partial charge is 0.318 e. The van der Waals surface area contributed by atoms with Crippen molar-refractivity contribution in [3.8, 4) is 5.69 Å². The van der Waals surface area contributed by atoms with Gasteiger partial charge in [-0.25, -0.2) is 0 Å². The molecule has 8 heteroatoms. The number of rotatable bonds is 5. The SMILES string of the molecule is CCC(CC)C1=NN2C(=N)/C(=C\c3cc(C)n(-c4cc(Cl)ccc4C)c3C)C(=O)N=C2S1. The monoisotopic (exact) mass is 467 g/mol. The van der Waals surface area contributed by atoms with E-state index in [0.717, 1.165) is 46.1 Å². The van der Waals surface area contributed by atoms with Gasteiger partial charge in [-0.05, 0) is 80.8 Å². The fourth-order valence-corrected chi connectivity index (χ4v) is 5.42. The normalized spacial score (nSPS) is 17.3. The number of halogens is 1. The lowest BCUT2D eigenvalue weighted by Gasteiger charge is -2.20. The standard InChI is InChI=1S/C24H26ClN5OS/c1-6-16(7-2)23-28-30-21(26)19(22(31)27-24(30)32-23)11-17-10-14(4)29(15(17)5)20-12-18(25)9-8-13(20)3/h8-12,16,26H,6-7H2,1-5H3/b19-11+,26-21?. The maximum atomic E-state index is 12.8. The van der Waals surface area contributed by atoms with Crippen molar-refractivity contribution in [2.45, 2.75) is 47.5 Å². The second kappa shape index (κ2) is 8.71. The second-order valence-electron chi connectivity index (χ2n) is 8.06. The highest BCUT2D eigenvalue weighted by Gasteiger charge is 2.37. The minimum atomic E-state index is -0.404. The topological polar surface area (TPSA) is 73.8 Å². The minimum Gasteiger partial charge on any atom is -0.318 e. The first kappa shape index (κ1) is 22.6. The van der Waals surface area contributed by atoms with Gasteiger partial charge in [0.05, 0.1) is 5.57 Å². The Hall–Kier alpha value is -2.64. The number of carbonyl (C=O) groups is 1. The molecule has 32 heavy (non-hydrogen) atoms. The highest BCUT2D eigenvalue weighted by atomic mass is 35.5. The Kier molecular flexibility index (Phi) is 6.14. The summed E-state index contributed by atoms with van der Waals surface area (Å²) in [5, 5.41) is 16.8. The van der Waals surface area contributed by atoms with E-state index in [1.807, 2.05) is 45.0 Å². The number of carbonyl (C=O) groups excluding carboxylic acids is 1. The summed E-state index contributed by atoms with van der Waals surface area (Å²) in [7, 11) is 0. The van der Waals surface area contributed by atoms with Crippen molar-refractivity contribution in [2.75, 3.05) is 0 Å². The molecule has 1 aromatic carbocycles. The summed E-state index contributed by atoms with van der Waals surface area (Å²) in [5.41, 5.74) is 5.19. The summed E-state index contributed by atoms with van der Waals surface area (Å²) in [4.78, 5) is 17.1. The van der Waals surface area contributed by atoms with E-state index in [0.29, 0.717) is 16.1 Å². The number of amidine groups is 2.